The third kappa shape index (κ3) is 1.63. The summed E-state index contributed by atoms with van der Waals surface area (Å²) in [6.45, 7) is 2.19. The number of likely N-dealkylation sites (N-methyl/N-ethyl adjacent to an activating group) is 1. The predicted octanol–water partition coefficient (Wildman–Crippen LogP) is 0.144. The Bertz CT molecular complexity index is 476. The zero-order valence-corrected chi connectivity index (χ0v) is 10.2. The van der Waals surface area contributed by atoms with Crippen molar-refractivity contribution in [3.63, 3.8) is 0 Å². The Morgan fingerprint density at radius 3 is 2.22 bits per heavy atom. The number of benzene rings is 1. The second-order valence-corrected chi connectivity index (χ2v) is 4.79. The molecule has 0 atom stereocenters. The van der Waals surface area contributed by atoms with E-state index in [4.69, 9.17) is 0 Å². The molecule has 0 aliphatic carbocycles. The van der Waals surface area contributed by atoms with Gasteiger partial charge in [0.25, 0.3) is 11.8 Å². The van der Waals surface area contributed by atoms with Gasteiger partial charge in [0, 0.05) is 19.1 Å². The van der Waals surface area contributed by atoms with Crippen LogP contribution < -0.4 is 5.32 Å². The minimum Gasteiger partial charge on any atom is -0.314 e. The summed E-state index contributed by atoms with van der Waals surface area (Å²) in [5.41, 5.74) is 1.03. The Morgan fingerprint density at radius 2 is 1.78 bits per heavy atom. The summed E-state index contributed by atoms with van der Waals surface area (Å²) in [6, 6.07) is 7.40. The molecule has 1 aromatic carbocycles. The van der Waals surface area contributed by atoms with E-state index in [1.165, 1.54) is 4.90 Å². The van der Waals surface area contributed by atoms with E-state index in [0.717, 1.165) is 13.1 Å². The number of rotatable bonds is 3. The van der Waals surface area contributed by atoms with Gasteiger partial charge in [-0.25, -0.2) is 0 Å². The summed E-state index contributed by atoms with van der Waals surface area (Å²) in [4.78, 5) is 27.6. The van der Waals surface area contributed by atoms with Crippen LogP contribution in [0.2, 0.25) is 0 Å². The van der Waals surface area contributed by atoms with E-state index in [1.807, 2.05) is 11.9 Å². The van der Waals surface area contributed by atoms with Crippen molar-refractivity contribution >= 4 is 11.8 Å². The fraction of sp³-hybridized carbons (Fsp3) is 0.385. The first-order chi connectivity index (χ1) is 8.68. The number of hydrogen-bond donors (Lipinski definition) is 1. The van der Waals surface area contributed by atoms with Crippen molar-refractivity contribution in [1.29, 1.82) is 0 Å². The van der Waals surface area contributed by atoms with Crippen molar-refractivity contribution in [2.45, 2.75) is 6.04 Å². The van der Waals surface area contributed by atoms with Crippen LogP contribution in [0.1, 0.15) is 20.7 Å². The van der Waals surface area contributed by atoms with Crippen molar-refractivity contribution < 1.29 is 9.59 Å². The van der Waals surface area contributed by atoms with Crippen LogP contribution >= 0.6 is 0 Å². The van der Waals surface area contributed by atoms with Gasteiger partial charge in [-0.2, -0.15) is 0 Å². The first kappa shape index (κ1) is 11.4. The fourth-order valence-corrected chi connectivity index (χ4v) is 2.29. The van der Waals surface area contributed by atoms with E-state index in [2.05, 4.69) is 5.32 Å². The highest BCUT2D eigenvalue weighted by Crippen LogP contribution is 2.22. The third-order valence-corrected chi connectivity index (χ3v) is 3.63. The molecular weight excluding hydrogens is 230 g/mol. The van der Waals surface area contributed by atoms with E-state index < -0.39 is 0 Å². The van der Waals surface area contributed by atoms with Gasteiger partial charge in [-0.05, 0) is 19.2 Å². The number of carbonyl (C=O) groups excluding carboxylic acids is 2. The maximum Gasteiger partial charge on any atom is 0.262 e. The summed E-state index contributed by atoms with van der Waals surface area (Å²) in [5.74, 6) is -0.371. The molecule has 1 fully saturated rings. The Balaban J connectivity index is 1.79. The highest BCUT2D eigenvalue weighted by molar-refractivity contribution is 6.21. The normalized spacial score (nSPS) is 19.3. The largest absolute Gasteiger partial charge is 0.314 e. The Labute approximate surface area is 105 Å². The molecular formula is C13H15N3O2. The minimum atomic E-state index is -0.185. The average molecular weight is 245 g/mol. The quantitative estimate of drug-likeness (QED) is 0.770. The molecule has 2 aliphatic heterocycles. The molecule has 0 unspecified atom stereocenters. The highest BCUT2D eigenvalue weighted by Gasteiger charge is 2.36. The number of hydrogen-bond acceptors (Lipinski definition) is 4. The molecule has 5 nitrogen and oxygen atoms in total. The number of fused-ring (bicyclic) bond motifs is 1. The monoisotopic (exact) mass is 245 g/mol. The number of carbonyl (C=O) groups is 2. The molecule has 1 N–H and O–H groups in total. The lowest BCUT2D eigenvalue weighted by molar-refractivity contribution is 0.0487. The third-order valence-electron chi connectivity index (χ3n) is 3.63. The molecule has 3 rings (SSSR count). The Hall–Kier alpha value is -1.72. The Morgan fingerprint density at radius 1 is 1.22 bits per heavy atom. The zero-order valence-electron chi connectivity index (χ0n) is 10.2. The summed E-state index contributed by atoms with van der Waals surface area (Å²) in [5, 5.41) is 3.18. The van der Waals surface area contributed by atoms with E-state index >= 15 is 0 Å². The van der Waals surface area contributed by atoms with Crippen molar-refractivity contribution in [2.75, 3.05) is 26.8 Å². The lowest BCUT2D eigenvalue weighted by Gasteiger charge is -2.37. The average Bonchev–Trinajstić information content (AvgIpc) is 2.53. The van der Waals surface area contributed by atoms with Gasteiger partial charge >= 0.3 is 0 Å². The van der Waals surface area contributed by atoms with Gasteiger partial charge in [-0.15, -0.1) is 0 Å². The minimum absolute atomic E-state index is 0.185. The van der Waals surface area contributed by atoms with Gasteiger partial charge < -0.3 is 5.32 Å². The van der Waals surface area contributed by atoms with Gasteiger partial charge in [0.05, 0.1) is 17.8 Å². The van der Waals surface area contributed by atoms with Crippen molar-refractivity contribution in [1.82, 2.24) is 15.1 Å². The van der Waals surface area contributed by atoms with Crippen LogP contribution in [0, 0.1) is 0 Å². The van der Waals surface area contributed by atoms with Crippen molar-refractivity contribution in [2.24, 2.45) is 0 Å². The summed E-state index contributed by atoms with van der Waals surface area (Å²) < 4.78 is 0. The molecule has 1 saturated heterocycles. The van der Waals surface area contributed by atoms with Gasteiger partial charge in [-0.1, -0.05) is 12.1 Å². The molecule has 0 spiro atoms. The molecule has 2 aliphatic rings. The molecule has 0 radical (unpaired) electrons. The standard InChI is InChI=1S/C13H15N3O2/c1-15(9-6-14-7-9)8-16-12(17)10-4-2-3-5-11(10)13(16)18/h2-5,9,14H,6-8H2,1H3. The predicted molar refractivity (Wildman–Crippen MR) is 66.2 cm³/mol. The molecule has 0 aromatic heterocycles. The second kappa shape index (κ2) is 4.19. The number of imide groups is 1. The van der Waals surface area contributed by atoms with Gasteiger partial charge in [0.15, 0.2) is 0 Å². The fourth-order valence-electron chi connectivity index (χ4n) is 2.29. The smallest absolute Gasteiger partial charge is 0.262 e. The summed E-state index contributed by atoms with van der Waals surface area (Å²) in [7, 11) is 1.94. The molecule has 1 aromatic rings. The molecule has 94 valence electrons. The first-order valence-electron chi connectivity index (χ1n) is 6.04. The van der Waals surface area contributed by atoms with E-state index in [9.17, 15) is 9.59 Å². The van der Waals surface area contributed by atoms with Gasteiger partial charge in [0.1, 0.15) is 0 Å². The van der Waals surface area contributed by atoms with E-state index in [1.54, 1.807) is 24.3 Å². The SMILES string of the molecule is CN(CN1C(=O)c2ccccc2C1=O)C1CNC1. The van der Waals surface area contributed by atoms with Crippen molar-refractivity contribution in [3.8, 4) is 0 Å². The maximum absolute atomic E-state index is 12.1. The van der Waals surface area contributed by atoms with Crippen LogP contribution in [-0.2, 0) is 0 Å². The van der Waals surface area contributed by atoms with Crippen LogP contribution in [-0.4, -0.2) is 54.5 Å². The molecule has 0 saturated carbocycles. The summed E-state index contributed by atoms with van der Waals surface area (Å²) in [6.07, 6.45) is 0. The highest BCUT2D eigenvalue weighted by atomic mass is 16.2. The topological polar surface area (TPSA) is 52.7 Å². The van der Waals surface area contributed by atoms with Crippen LogP contribution in [0.25, 0.3) is 0 Å². The van der Waals surface area contributed by atoms with Crippen LogP contribution in [0.4, 0.5) is 0 Å². The van der Waals surface area contributed by atoms with Crippen molar-refractivity contribution in [3.05, 3.63) is 35.4 Å². The Kier molecular flexibility index (Phi) is 2.65. The lowest BCUT2D eigenvalue weighted by atomic mass is 10.1. The molecule has 0 bridgehead atoms. The van der Waals surface area contributed by atoms with E-state index in [0.29, 0.717) is 23.8 Å². The van der Waals surface area contributed by atoms with E-state index in [-0.39, 0.29) is 11.8 Å². The van der Waals surface area contributed by atoms with Crippen LogP contribution in [0.5, 0.6) is 0 Å². The molecule has 2 heterocycles. The maximum atomic E-state index is 12.1. The van der Waals surface area contributed by atoms with Crippen LogP contribution in [0.3, 0.4) is 0 Å². The van der Waals surface area contributed by atoms with Crippen LogP contribution in [0.15, 0.2) is 24.3 Å². The zero-order chi connectivity index (χ0) is 12.7. The second-order valence-electron chi connectivity index (χ2n) is 4.79. The lowest BCUT2D eigenvalue weighted by Crippen LogP contribution is -2.58. The first-order valence-corrected chi connectivity index (χ1v) is 6.04. The molecule has 18 heavy (non-hydrogen) atoms. The number of amides is 2. The molecule has 5 heteroatoms. The molecule has 2 amide bonds. The summed E-state index contributed by atoms with van der Waals surface area (Å²) >= 11 is 0. The number of nitrogens with one attached hydrogen (secondary N) is 1. The van der Waals surface area contributed by atoms with Gasteiger partial charge in [-0.3, -0.25) is 19.4 Å². The number of nitrogens with zero attached hydrogens (tertiary/aromatic N) is 2. The van der Waals surface area contributed by atoms with Gasteiger partial charge in [0.2, 0.25) is 0 Å².